The smallest absolute Gasteiger partial charge is 0.137 e. The van der Waals surface area contributed by atoms with E-state index in [0.717, 1.165) is 46.5 Å². The molecule has 0 radical (unpaired) electrons. The van der Waals surface area contributed by atoms with Gasteiger partial charge in [-0.3, -0.25) is 0 Å². The zero-order valence-corrected chi connectivity index (χ0v) is 32.1. The predicted molar refractivity (Wildman–Crippen MR) is 240 cm³/mol. The summed E-state index contributed by atoms with van der Waals surface area (Å²) in [6, 6.07) is 55.9. The van der Waals surface area contributed by atoms with Crippen molar-refractivity contribution in [2.45, 2.75) is 32.1 Å². The topological polar surface area (TPSA) is 16.4 Å². The molecule has 8 aromatic carbocycles. The van der Waals surface area contributed by atoms with Gasteiger partial charge < -0.3 is 9.32 Å². The summed E-state index contributed by atoms with van der Waals surface area (Å²) in [4.78, 5) is 2.47. The minimum absolute atomic E-state index is 0.0830. The standard InChI is InChI=1S/C53H37NOS/c1-53(2)43-18-8-7-16-40(43)41-28-26-36(31-44(41)53)54(35-24-21-34(22-25-35)38-17-9-13-32-11-3-5-14-37(32)38)45-19-10-20-46-50(45)51-47(55-46)29-30-48-49(51)42-27-23-33-12-4-6-15-39(33)52(42)56-48/h3-6,8-15,17-31H,7,16H2,1-2H3. The zero-order valence-electron chi connectivity index (χ0n) is 31.3. The number of allylic oxidation sites excluding steroid dienone is 4. The van der Waals surface area contributed by atoms with E-state index in [-0.39, 0.29) is 5.41 Å². The van der Waals surface area contributed by atoms with Crippen molar-refractivity contribution in [3.05, 3.63) is 181 Å². The Morgan fingerprint density at radius 2 is 1.34 bits per heavy atom. The van der Waals surface area contributed by atoms with Crippen molar-refractivity contribution in [2.75, 3.05) is 4.90 Å². The quantitative estimate of drug-likeness (QED) is 0.179. The van der Waals surface area contributed by atoms with Crippen LogP contribution in [-0.4, -0.2) is 0 Å². The molecule has 0 N–H and O–H groups in total. The van der Waals surface area contributed by atoms with Gasteiger partial charge >= 0.3 is 0 Å². The predicted octanol–water partition coefficient (Wildman–Crippen LogP) is 15.8. The number of thiophene rings is 1. The molecule has 266 valence electrons. The molecule has 3 heteroatoms. The summed E-state index contributed by atoms with van der Waals surface area (Å²) in [7, 11) is 0. The van der Waals surface area contributed by atoms with Crippen molar-refractivity contribution < 1.29 is 4.42 Å². The maximum atomic E-state index is 6.78. The largest absolute Gasteiger partial charge is 0.456 e. The van der Waals surface area contributed by atoms with Gasteiger partial charge in [0.25, 0.3) is 0 Å². The van der Waals surface area contributed by atoms with Gasteiger partial charge in [-0.25, -0.2) is 0 Å². The highest BCUT2D eigenvalue weighted by molar-refractivity contribution is 7.27. The molecule has 0 spiro atoms. The highest BCUT2D eigenvalue weighted by atomic mass is 32.1. The Morgan fingerprint density at radius 3 is 2.21 bits per heavy atom. The van der Waals surface area contributed by atoms with E-state index in [1.54, 1.807) is 0 Å². The van der Waals surface area contributed by atoms with Crippen LogP contribution >= 0.6 is 11.3 Å². The number of anilines is 3. The third-order valence-corrected chi connectivity index (χ3v) is 13.7. The van der Waals surface area contributed by atoms with Gasteiger partial charge in [0.05, 0.1) is 11.1 Å². The van der Waals surface area contributed by atoms with Crippen LogP contribution in [0.2, 0.25) is 0 Å². The van der Waals surface area contributed by atoms with Crippen molar-refractivity contribution in [1.29, 1.82) is 0 Å². The summed E-state index contributed by atoms with van der Waals surface area (Å²) in [5.74, 6) is 0. The van der Waals surface area contributed by atoms with E-state index in [4.69, 9.17) is 4.42 Å². The Morgan fingerprint density at radius 1 is 0.589 bits per heavy atom. The van der Waals surface area contributed by atoms with Crippen LogP contribution in [0.4, 0.5) is 17.1 Å². The van der Waals surface area contributed by atoms with Crippen LogP contribution in [0, 0.1) is 0 Å². The number of nitrogens with zero attached hydrogens (tertiary/aromatic N) is 1. The molecule has 0 amide bonds. The van der Waals surface area contributed by atoms with Crippen LogP contribution in [0.25, 0.3) is 80.4 Å². The van der Waals surface area contributed by atoms with Gasteiger partial charge in [-0.05, 0) is 116 Å². The average molecular weight is 736 g/mol. The van der Waals surface area contributed by atoms with Gasteiger partial charge in [-0.15, -0.1) is 11.3 Å². The van der Waals surface area contributed by atoms with E-state index >= 15 is 0 Å². The number of hydrogen-bond acceptors (Lipinski definition) is 3. The molecule has 0 saturated carbocycles. The van der Waals surface area contributed by atoms with Crippen molar-refractivity contribution in [3.8, 4) is 11.1 Å². The lowest BCUT2D eigenvalue weighted by Crippen LogP contribution is -2.18. The number of rotatable bonds is 4. The SMILES string of the molecule is CC1(C)C2=C(CCC=C2)c2ccc(N(c3ccc(-c4cccc5ccccc45)cc3)c3cccc4oc5ccc6sc7c8ccccc8ccc7c6c5c34)cc21. The lowest BCUT2D eigenvalue weighted by Gasteiger charge is -2.29. The molecule has 0 fully saturated rings. The molecule has 2 aliphatic carbocycles. The van der Waals surface area contributed by atoms with Crippen molar-refractivity contribution in [3.63, 3.8) is 0 Å². The molecule has 0 aliphatic heterocycles. The number of hydrogen-bond donors (Lipinski definition) is 0. The summed E-state index contributed by atoms with van der Waals surface area (Å²) in [6.45, 7) is 4.78. The third-order valence-electron chi connectivity index (χ3n) is 12.5. The van der Waals surface area contributed by atoms with Crippen LogP contribution in [0.1, 0.15) is 37.8 Å². The summed E-state index contributed by atoms with van der Waals surface area (Å²) < 4.78 is 9.38. The van der Waals surface area contributed by atoms with Crippen LogP contribution in [0.3, 0.4) is 0 Å². The minimum Gasteiger partial charge on any atom is -0.456 e. The van der Waals surface area contributed by atoms with E-state index in [1.807, 2.05) is 11.3 Å². The molecule has 2 aromatic heterocycles. The van der Waals surface area contributed by atoms with Crippen molar-refractivity contribution >= 4 is 97.6 Å². The second kappa shape index (κ2) is 11.8. The second-order valence-electron chi connectivity index (χ2n) is 15.9. The Kier molecular flexibility index (Phi) is 6.71. The first-order valence-electron chi connectivity index (χ1n) is 19.6. The molecular formula is C53H37NOS. The lowest BCUT2D eigenvalue weighted by atomic mass is 9.80. The fourth-order valence-electron chi connectivity index (χ4n) is 9.89. The fourth-order valence-corrected chi connectivity index (χ4v) is 11.1. The molecule has 0 atom stereocenters. The first-order chi connectivity index (χ1) is 27.5. The molecule has 56 heavy (non-hydrogen) atoms. The molecule has 0 unspecified atom stereocenters. The van der Waals surface area contributed by atoms with Crippen molar-refractivity contribution in [1.82, 2.24) is 0 Å². The maximum Gasteiger partial charge on any atom is 0.137 e. The van der Waals surface area contributed by atoms with Gasteiger partial charge in [0, 0.05) is 42.3 Å². The summed E-state index contributed by atoms with van der Waals surface area (Å²) in [5, 5.41) is 9.94. The maximum absolute atomic E-state index is 6.78. The highest BCUT2D eigenvalue weighted by Gasteiger charge is 2.37. The summed E-state index contributed by atoms with van der Waals surface area (Å²) in [5.41, 5.74) is 13.3. The Labute approximate surface area is 329 Å². The average Bonchev–Trinajstić information content (AvgIpc) is 3.89. The van der Waals surface area contributed by atoms with Gasteiger partial charge in [-0.1, -0.05) is 129 Å². The second-order valence-corrected chi connectivity index (χ2v) is 17.0. The molecule has 2 nitrogen and oxygen atoms in total. The van der Waals surface area contributed by atoms with E-state index < -0.39 is 0 Å². The summed E-state index contributed by atoms with van der Waals surface area (Å²) >= 11 is 1.88. The number of furan rings is 1. The van der Waals surface area contributed by atoms with Gasteiger partial charge in [0.1, 0.15) is 11.2 Å². The molecule has 10 aromatic rings. The highest BCUT2D eigenvalue weighted by Crippen LogP contribution is 2.53. The molecule has 2 heterocycles. The Hall–Kier alpha value is -6.42. The van der Waals surface area contributed by atoms with Crippen molar-refractivity contribution in [2.24, 2.45) is 0 Å². The monoisotopic (exact) mass is 735 g/mol. The minimum atomic E-state index is -0.0830. The van der Waals surface area contributed by atoms with E-state index in [1.165, 1.54) is 80.5 Å². The molecule has 0 saturated heterocycles. The van der Waals surface area contributed by atoms with Gasteiger partial charge in [0.2, 0.25) is 0 Å². The molecule has 0 bridgehead atoms. The van der Waals surface area contributed by atoms with Gasteiger partial charge in [0.15, 0.2) is 0 Å². The normalized spacial score (nSPS) is 14.8. The van der Waals surface area contributed by atoms with Crippen LogP contribution in [0.15, 0.2) is 174 Å². The lowest BCUT2D eigenvalue weighted by molar-refractivity contribution is 0.651. The Balaban J connectivity index is 1.12. The van der Waals surface area contributed by atoms with Crippen LogP contribution in [-0.2, 0) is 5.41 Å². The summed E-state index contributed by atoms with van der Waals surface area (Å²) in [6.07, 6.45) is 6.92. The molecule has 12 rings (SSSR count). The first-order valence-corrected chi connectivity index (χ1v) is 20.5. The number of fused-ring (bicyclic) bond motifs is 12. The van der Waals surface area contributed by atoms with Crippen LogP contribution in [0.5, 0.6) is 0 Å². The molecule has 2 aliphatic rings. The third kappa shape index (κ3) is 4.49. The number of benzene rings is 8. The van der Waals surface area contributed by atoms with E-state index in [0.29, 0.717) is 0 Å². The van der Waals surface area contributed by atoms with E-state index in [9.17, 15) is 0 Å². The fraction of sp³-hybridized carbons (Fsp3) is 0.0943. The van der Waals surface area contributed by atoms with Crippen LogP contribution < -0.4 is 4.90 Å². The molecular weight excluding hydrogens is 699 g/mol. The zero-order chi connectivity index (χ0) is 37.1. The van der Waals surface area contributed by atoms with Gasteiger partial charge in [-0.2, -0.15) is 0 Å². The first kappa shape index (κ1) is 31.9. The van der Waals surface area contributed by atoms with E-state index in [2.05, 4.69) is 183 Å². The Bertz CT molecular complexity index is 3330.